The van der Waals surface area contributed by atoms with Crippen molar-refractivity contribution < 1.29 is 9.59 Å². The molecule has 1 aliphatic rings. The molecule has 0 spiro atoms. The quantitative estimate of drug-likeness (QED) is 0.567. The van der Waals surface area contributed by atoms with E-state index in [0.29, 0.717) is 0 Å². The summed E-state index contributed by atoms with van der Waals surface area (Å²) in [5.74, 6) is -0.0833. The Morgan fingerprint density at radius 2 is 1.58 bits per heavy atom. The Balaban J connectivity index is 1.59. The van der Waals surface area contributed by atoms with Crippen molar-refractivity contribution in [3.05, 3.63) is 77.1 Å². The van der Waals surface area contributed by atoms with Crippen LogP contribution in [0, 0.1) is 20.8 Å². The molecule has 6 heteroatoms. The van der Waals surface area contributed by atoms with E-state index in [2.05, 4.69) is 5.10 Å². The summed E-state index contributed by atoms with van der Waals surface area (Å²) in [6.45, 7) is 7.55. The van der Waals surface area contributed by atoms with Gasteiger partial charge < -0.3 is 9.80 Å². The zero-order chi connectivity index (χ0) is 23.4. The first kappa shape index (κ1) is 22.8. The van der Waals surface area contributed by atoms with Crippen molar-refractivity contribution in [3.63, 3.8) is 0 Å². The van der Waals surface area contributed by atoms with Crippen molar-refractivity contribution in [1.29, 1.82) is 0 Å². The number of anilines is 1. The highest BCUT2D eigenvalue weighted by atomic mass is 16.2. The maximum atomic E-state index is 13.6. The number of hydrogen-bond acceptors (Lipinski definition) is 3. The molecule has 1 aromatic heterocycles. The van der Waals surface area contributed by atoms with Crippen molar-refractivity contribution >= 4 is 17.5 Å². The normalized spacial score (nSPS) is 13.7. The van der Waals surface area contributed by atoms with Crippen molar-refractivity contribution in [2.45, 2.75) is 46.5 Å². The van der Waals surface area contributed by atoms with Crippen LogP contribution in [0.25, 0.3) is 5.69 Å². The molecule has 0 saturated carbocycles. The molecule has 0 N–H and O–H groups in total. The SMILES string of the molecule is Cc1ccc(N(CC(=O)N2CCCCC2)C(=O)Cc2c(C)nn(-c3ccccc3)c2C)cc1. The topological polar surface area (TPSA) is 58.4 Å². The summed E-state index contributed by atoms with van der Waals surface area (Å²) in [5, 5.41) is 4.68. The molecule has 0 unspecified atom stereocenters. The number of para-hydroxylation sites is 1. The fourth-order valence-electron chi connectivity index (χ4n) is 4.42. The molecule has 0 atom stereocenters. The second kappa shape index (κ2) is 10.0. The average molecular weight is 445 g/mol. The number of aryl methyl sites for hydroxylation is 2. The lowest BCUT2D eigenvalue weighted by Crippen LogP contribution is -2.45. The lowest BCUT2D eigenvalue weighted by molar-refractivity contribution is -0.132. The predicted molar refractivity (Wildman–Crippen MR) is 131 cm³/mol. The predicted octanol–water partition coefficient (Wildman–Crippen LogP) is 4.39. The minimum Gasteiger partial charge on any atom is -0.341 e. The van der Waals surface area contributed by atoms with Gasteiger partial charge in [0, 0.05) is 30.0 Å². The Morgan fingerprint density at radius 3 is 2.24 bits per heavy atom. The molecular formula is C27H32N4O2. The molecule has 172 valence electrons. The number of carbonyl (C=O) groups excluding carboxylic acids is 2. The summed E-state index contributed by atoms with van der Waals surface area (Å²) >= 11 is 0. The molecule has 0 aliphatic carbocycles. The third kappa shape index (κ3) is 5.16. The van der Waals surface area contributed by atoms with Gasteiger partial charge in [0.15, 0.2) is 0 Å². The largest absolute Gasteiger partial charge is 0.341 e. The van der Waals surface area contributed by atoms with E-state index in [1.54, 1.807) is 4.90 Å². The number of rotatable bonds is 6. The molecule has 2 aromatic carbocycles. The lowest BCUT2D eigenvalue weighted by atomic mass is 10.1. The highest BCUT2D eigenvalue weighted by molar-refractivity contribution is 6.00. The van der Waals surface area contributed by atoms with E-state index < -0.39 is 0 Å². The van der Waals surface area contributed by atoms with Gasteiger partial charge in [-0.2, -0.15) is 5.10 Å². The van der Waals surface area contributed by atoms with Crippen LogP contribution in [0.3, 0.4) is 0 Å². The molecule has 1 fully saturated rings. The summed E-state index contributed by atoms with van der Waals surface area (Å²) in [4.78, 5) is 30.2. The third-order valence-electron chi connectivity index (χ3n) is 6.42. The Labute approximate surface area is 195 Å². The Kier molecular flexibility index (Phi) is 6.92. The number of likely N-dealkylation sites (tertiary alicyclic amines) is 1. The van der Waals surface area contributed by atoms with Gasteiger partial charge in [0.25, 0.3) is 0 Å². The fraction of sp³-hybridized carbons (Fsp3) is 0.370. The Hall–Kier alpha value is -3.41. The van der Waals surface area contributed by atoms with Crippen molar-refractivity contribution in [1.82, 2.24) is 14.7 Å². The van der Waals surface area contributed by atoms with Gasteiger partial charge in [0.1, 0.15) is 6.54 Å². The summed E-state index contributed by atoms with van der Waals surface area (Å²) in [6.07, 6.45) is 3.42. The van der Waals surface area contributed by atoms with E-state index >= 15 is 0 Å². The lowest BCUT2D eigenvalue weighted by Gasteiger charge is -2.30. The fourth-order valence-corrected chi connectivity index (χ4v) is 4.42. The maximum Gasteiger partial charge on any atom is 0.242 e. The number of piperidine rings is 1. The number of nitrogens with zero attached hydrogens (tertiary/aromatic N) is 4. The Morgan fingerprint density at radius 1 is 0.909 bits per heavy atom. The molecule has 33 heavy (non-hydrogen) atoms. The molecule has 0 radical (unpaired) electrons. The molecule has 1 saturated heterocycles. The van der Waals surface area contributed by atoms with Gasteiger partial charge in [-0.1, -0.05) is 35.9 Å². The first-order valence-electron chi connectivity index (χ1n) is 11.7. The van der Waals surface area contributed by atoms with Crippen LogP contribution < -0.4 is 4.90 Å². The van der Waals surface area contributed by atoms with Crippen LogP contribution in [0.15, 0.2) is 54.6 Å². The number of aromatic nitrogens is 2. The van der Waals surface area contributed by atoms with Gasteiger partial charge in [-0.05, 0) is 64.3 Å². The average Bonchev–Trinajstić information content (AvgIpc) is 3.12. The van der Waals surface area contributed by atoms with Crippen LogP contribution in [-0.2, 0) is 16.0 Å². The van der Waals surface area contributed by atoms with Crippen LogP contribution in [0.4, 0.5) is 5.69 Å². The minimum absolute atomic E-state index is 0.0112. The zero-order valence-corrected chi connectivity index (χ0v) is 19.8. The van der Waals surface area contributed by atoms with E-state index in [0.717, 1.165) is 66.2 Å². The van der Waals surface area contributed by atoms with Crippen molar-refractivity contribution in [2.24, 2.45) is 0 Å². The smallest absolute Gasteiger partial charge is 0.242 e. The maximum absolute atomic E-state index is 13.6. The zero-order valence-electron chi connectivity index (χ0n) is 19.8. The van der Waals surface area contributed by atoms with E-state index in [-0.39, 0.29) is 24.8 Å². The van der Waals surface area contributed by atoms with Gasteiger partial charge in [-0.3, -0.25) is 9.59 Å². The van der Waals surface area contributed by atoms with Crippen LogP contribution in [0.2, 0.25) is 0 Å². The molecule has 4 rings (SSSR count). The molecular weight excluding hydrogens is 412 g/mol. The van der Waals surface area contributed by atoms with E-state index in [4.69, 9.17) is 0 Å². The van der Waals surface area contributed by atoms with Crippen LogP contribution in [-0.4, -0.2) is 46.1 Å². The number of hydrogen-bond donors (Lipinski definition) is 0. The minimum atomic E-state index is -0.0944. The second-order valence-electron chi connectivity index (χ2n) is 8.83. The van der Waals surface area contributed by atoms with Gasteiger partial charge in [0.05, 0.1) is 17.8 Å². The number of amides is 2. The van der Waals surface area contributed by atoms with Crippen molar-refractivity contribution in [3.8, 4) is 5.69 Å². The van der Waals surface area contributed by atoms with E-state index in [1.165, 1.54) is 0 Å². The summed E-state index contributed by atoms with van der Waals surface area (Å²) in [7, 11) is 0. The highest BCUT2D eigenvalue weighted by Gasteiger charge is 2.26. The van der Waals surface area contributed by atoms with Gasteiger partial charge in [-0.25, -0.2) is 4.68 Å². The van der Waals surface area contributed by atoms with Gasteiger partial charge >= 0.3 is 0 Å². The molecule has 2 heterocycles. The molecule has 6 nitrogen and oxygen atoms in total. The summed E-state index contributed by atoms with van der Waals surface area (Å²) in [6, 6.07) is 17.7. The summed E-state index contributed by atoms with van der Waals surface area (Å²) < 4.78 is 1.88. The van der Waals surface area contributed by atoms with Crippen LogP contribution in [0.5, 0.6) is 0 Å². The standard InChI is InChI=1S/C27H32N4O2/c1-20-12-14-23(15-13-20)30(19-27(33)29-16-8-5-9-17-29)26(32)18-25-21(2)28-31(22(25)3)24-10-6-4-7-11-24/h4,6-7,10-15H,5,8-9,16-19H2,1-3H3. The van der Waals surface area contributed by atoms with Crippen LogP contribution >= 0.6 is 0 Å². The monoisotopic (exact) mass is 444 g/mol. The molecule has 0 bridgehead atoms. The van der Waals surface area contributed by atoms with E-state index in [1.807, 2.05) is 85.0 Å². The third-order valence-corrected chi connectivity index (χ3v) is 6.42. The van der Waals surface area contributed by atoms with E-state index in [9.17, 15) is 9.59 Å². The molecule has 2 amide bonds. The van der Waals surface area contributed by atoms with Crippen LogP contribution in [0.1, 0.15) is 41.8 Å². The molecule has 1 aliphatic heterocycles. The Bertz CT molecular complexity index is 1110. The number of benzene rings is 2. The highest BCUT2D eigenvalue weighted by Crippen LogP contribution is 2.22. The first-order chi connectivity index (χ1) is 15.9. The second-order valence-corrected chi connectivity index (χ2v) is 8.83. The first-order valence-corrected chi connectivity index (χ1v) is 11.7. The van der Waals surface area contributed by atoms with Gasteiger partial charge in [0.2, 0.25) is 11.8 Å². The van der Waals surface area contributed by atoms with Crippen molar-refractivity contribution in [2.75, 3.05) is 24.5 Å². The number of carbonyl (C=O) groups is 2. The van der Waals surface area contributed by atoms with Gasteiger partial charge in [-0.15, -0.1) is 0 Å². The summed E-state index contributed by atoms with van der Waals surface area (Å²) in [5.41, 5.74) is 5.51. The molecule has 3 aromatic rings.